The zero-order valence-electron chi connectivity index (χ0n) is 20.1. The number of rotatable bonds is 8. The first-order chi connectivity index (χ1) is 17.1. The third-order valence-electron chi connectivity index (χ3n) is 7.40. The van der Waals surface area contributed by atoms with E-state index in [0.29, 0.717) is 34.2 Å². The summed E-state index contributed by atoms with van der Waals surface area (Å²) >= 11 is 13.1. The van der Waals surface area contributed by atoms with Crippen LogP contribution in [0.3, 0.4) is 0 Å². The first-order valence-corrected chi connectivity index (χ1v) is 13.6. The maximum Gasteiger partial charge on any atom is 0.137 e. The molecule has 2 aromatic rings. The number of nitrogens with one attached hydrogen (secondary N) is 3. The molecule has 2 saturated heterocycles. The summed E-state index contributed by atoms with van der Waals surface area (Å²) in [5, 5.41) is 11.9. The molecule has 35 heavy (non-hydrogen) atoms. The molecular formula is C26H35Cl2N5O2. The van der Waals surface area contributed by atoms with Crippen LogP contribution in [0.1, 0.15) is 44.9 Å². The van der Waals surface area contributed by atoms with Gasteiger partial charge in [0.2, 0.25) is 0 Å². The quantitative estimate of drug-likeness (QED) is 0.403. The van der Waals surface area contributed by atoms with E-state index in [0.717, 1.165) is 101 Å². The molecule has 3 aliphatic rings. The summed E-state index contributed by atoms with van der Waals surface area (Å²) in [6.45, 7) is 4.31. The topological polar surface area (TPSA) is 80.3 Å². The molecular weight excluding hydrogens is 485 g/mol. The highest BCUT2D eigenvalue weighted by atomic mass is 35.5. The maximum absolute atomic E-state index is 6.57. The van der Waals surface area contributed by atoms with Crippen LogP contribution in [-0.2, 0) is 9.47 Å². The van der Waals surface area contributed by atoms with E-state index >= 15 is 0 Å². The first-order valence-electron chi connectivity index (χ1n) is 12.9. The minimum atomic E-state index is 0.399. The van der Waals surface area contributed by atoms with E-state index in [2.05, 4.69) is 25.9 Å². The van der Waals surface area contributed by atoms with Gasteiger partial charge in [-0.05, 0) is 63.0 Å². The van der Waals surface area contributed by atoms with Gasteiger partial charge in [0.25, 0.3) is 0 Å². The molecule has 0 bridgehead atoms. The standard InChI is InChI=1S/C26H35Cl2N5O2/c27-24-15-30-25(33-19-3-1-18(2-4-19)32-20-7-10-35-16-20)12-22(24)23-11-21(14-31-26(23)28)29-13-17-5-8-34-9-6-17/h11-12,14-15,17-20,29,32H,1-10,13,16H2,(H,30,33)/t18-,19-,20?. The van der Waals surface area contributed by atoms with Crippen molar-refractivity contribution in [2.45, 2.75) is 63.1 Å². The lowest BCUT2D eigenvalue weighted by molar-refractivity contribution is 0.0699. The molecule has 2 aromatic heterocycles. The highest BCUT2D eigenvalue weighted by Gasteiger charge is 2.25. The van der Waals surface area contributed by atoms with Gasteiger partial charge in [-0.2, -0.15) is 0 Å². The second kappa shape index (κ2) is 12.1. The molecule has 7 nitrogen and oxygen atoms in total. The molecule has 3 fully saturated rings. The number of hydrogen-bond donors (Lipinski definition) is 3. The molecule has 0 aromatic carbocycles. The van der Waals surface area contributed by atoms with Crippen molar-refractivity contribution in [3.8, 4) is 11.1 Å². The van der Waals surface area contributed by atoms with Crippen molar-refractivity contribution >= 4 is 34.7 Å². The summed E-state index contributed by atoms with van der Waals surface area (Å²) in [5.41, 5.74) is 2.59. The predicted octanol–water partition coefficient (Wildman–Crippen LogP) is 5.39. The molecule has 190 valence electrons. The largest absolute Gasteiger partial charge is 0.384 e. The average Bonchev–Trinajstić information content (AvgIpc) is 3.40. The zero-order chi connectivity index (χ0) is 24.0. The Morgan fingerprint density at radius 2 is 1.57 bits per heavy atom. The number of hydrogen-bond acceptors (Lipinski definition) is 7. The minimum absolute atomic E-state index is 0.399. The van der Waals surface area contributed by atoms with Crippen LogP contribution in [0, 0.1) is 5.92 Å². The molecule has 3 N–H and O–H groups in total. The molecule has 1 aliphatic carbocycles. The highest BCUT2D eigenvalue weighted by Crippen LogP contribution is 2.35. The molecule has 1 saturated carbocycles. The molecule has 9 heteroatoms. The number of aromatic nitrogens is 2. The fourth-order valence-electron chi connectivity index (χ4n) is 5.28. The smallest absolute Gasteiger partial charge is 0.137 e. The van der Waals surface area contributed by atoms with Crippen molar-refractivity contribution in [3.63, 3.8) is 0 Å². The Balaban J connectivity index is 1.21. The second-order valence-corrected chi connectivity index (χ2v) is 10.7. The van der Waals surface area contributed by atoms with E-state index < -0.39 is 0 Å². The van der Waals surface area contributed by atoms with Gasteiger partial charge in [0, 0.05) is 61.8 Å². The monoisotopic (exact) mass is 519 g/mol. The van der Waals surface area contributed by atoms with Crippen LogP contribution in [0.4, 0.5) is 11.5 Å². The van der Waals surface area contributed by atoms with E-state index in [9.17, 15) is 0 Å². The number of pyridine rings is 2. The predicted molar refractivity (Wildman–Crippen MR) is 142 cm³/mol. The minimum Gasteiger partial charge on any atom is -0.384 e. The number of anilines is 2. The van der Waals surface area contributed by atoms with Crippen LogP contribution in [0.15, 0.2) is 24.5 Å². The summed E-state index contributed by atoms with van der Waals surface area (Å²) in [7, 11) is 0. The number of halogens is 2. The normalized spacial score (nSPS) is 25.5. The van der Waals surface area contributed by atoms with Gasteiger partial charge in [-0.25, -0.2) is 9.97 Å². The molecule has 0 spiro atoms. The Bertz CT molecular complexity index is 974. The second-order valence-electron chi connectivity index (χ2n) is 9.97. The summed E-state index contributed by atoms with van der Waals surface area (Å²) in [4.78, 5) is 8.96. The third-order valence-corrected chi connectivity index (χ3v) is 8.00. The Hall–Kier alpha value is -1.64. The highest BCUT2D eigenvalue weighted by molar-refractivity contribution is 6.36. The lowest BCUT2D eigenvalue weighted by Gasteiger charge is -2.31. The van der Waals surface area contributed by atoms with Crippen molar-refractivity contribution in [2.75, 3.05) is 43.6 Å². The molecule has 0 amide bonds. The van der Waals surface area contributed by atoms with Crippen LogP contribution in [0.5, 0.6) is 0 Å². The van der Waals surface area contributed by atoms with E-state index in [1.165, 1.54) is 0 Å². The van der Waals surface area contributed by atoms with Gasteiger partial charge in [0.05, 0.1) is 23.5 Å². The molecule has 4 heterocycles. The van der Waals surface area contributed by atoms with E-state index in [1.54, 1.807) is 12.4 Å². The zero-order valence-corrected chi connectivity index (χ0v) is 21.6. The van der Waals surface area contributed by atoms with Crippen molar-refractivity contribution in [3.05, 3.63) is 34.7 Å². The van der Waals surface area contributed by atoms with Gasteiger partial charge in [0.1, 0.15) is 11.0 Å². The lowest BCUT2D eigenvalue weighted by atomic mass is 9.90. The number of ether oxygens (including phenoxy) is 2. The van der Waals surface area contributed by atoms with Crippen LogP contribution >= 0.6 is 23.2 Å². The Morgan fingerprint density at radius 1 is 0.800 bits per heavy atom. The van der Waals surface area contributed by atoms with E-state index in [1.807, 2.05) is 12.1 Å². The average molecular weight is 521 g/mol. The molecule has 1 unspecified atom stereocenters. The fourth-order valence-corrected chi connectivity index (χ4v) is 5.69. The maximum atomic E-state index is 6.57. The summed E-state index contributed by atoms with van der Waals surface area (Å²) in [5.74, 6) is 1.43. The van der Waals surface area contributed by atoms with Gasteiger partial charge < -0.3 is 25.4 Å². The van der Waals surface area contributed by atoms with Gasteiger partial charge in [-0.1, -0.05) is 23.2 Å². The fraction of sp³-hybridized carbons (Fsp3) is 0.615. The molecule has 1 atom stereocenters. The van der Waals surface area contributed by atoms with Crippen molar-refractivity contribution in [2.24, 2.45) is 5.92 Å². The van der Waals surface area contributed by atoms with Gasteiger partial charge >= 0.3 is 0 Å². The Kier molecular flexibility index (Phi) is 8.63. The van der Waals surface area contributed by atoms with E-state index in [-0.39, 0.29) is 0 Å². The van der Waals surface area contributed by atoms with Gasteiger partial charge in [0.15, 0.2) is 0 Å². The van der Waals surface area contributed by atoms with Crippen LogP contribution < -0.4 is 16.0 Å². The van der Waals surface area contributed by atoms with Crippen molar-refractivity contribution < 1.29 is 9.47 Å². The number of nitrogens with zero attached hydrogens (tertiary/aromatic N) is 2. The summed E-state index contributed by atoms with van der Waals surface area (Å²) in [6.07, 6.45) is 11.3. The Labute approximate surface area is 217 Å². The van der Waals surface area contributed by atoms with E-state index in [4.69, 9.17) is 32.7 Å². The molecule has 2 aliphatic heterocycles. The van der Waals surface area contributed by atoms with Crippen LogP contribution in [0.2, 0.25) is 10.2 Å². The van der Waals surface area contributed by atoms with Crippen molar-refractivity contribution in [1.29, 1.82) is 0 Å². The van der Waals surface area contributed by atoms with Gasteiger partial charge in [-0.3, -0.25) is 0 Å². The first kappa shape index (κ1) is 25.0. The van der Waals surface area contributed by atoms with Crippen LogP contribution in [-0.4, -0.2) is 61.1 Å². The molecule has 0 radical (unpaired) electrons. The summed E-state index contributed by atoms with van der Waals surface area (Å²) in [6, 6.07) is 5.52. The van der Waals surface area contributed by atoms with Crippen LogP contribution in [0.25, 0.3) is 11.1 Å². The SMILES string of the molecule is Clc1cnc(N[C@H]2CC[C@H](NC3CCOC3)CC2)cc1-c1cc(NCC2CCOCC2)cnc1Cl. The van der Waals surface area contributed by atoms with Crippen molar-refractivity contribution in [1.82, 2.24) is 15.3 Å². The molecule has 5 rings (SSSR count). The third kappa shape index (κ3) is 6.77. The Morgan fingerprint density at radius 3 is 2.34 bits per heavy atom. The lowest BCUT2D eigenvalue weighted by Crippen LogP contribution is -2.42. The van der Waals surface area contributed by atoms with Gasteiger partial charge in [-0.15, -0.1) is 0 Å². The summed E-state index contributed by atoms with van der Waals surface area (Å²) < 4.78 is 11.0.